The Morgan fingerprint density at radius 1 is 0.978 bits per heavy atom. The molecule has 0 radical (unpaired) electrons. The lowest BCUT2D eigenvalue weighted by molar-refractivity contribution is -0.211. The van der Waals surface area contributed by atoms with E-state index in [1.54, 1.807) is 0 Å². The van der Waals surface area contributed by atoms with Gasteiger partial charge in [-0.05, 0) is 36.0 Å². The molecule has 2 aliphatic heterocycles. The molecule has 2 unspecified atom stereocenters. The van der Waals surface area contributed by atoms with Crippen LogP contribution in [-0.2, 0) is 27.1 Å². The van der Waals surface area contributed by atoms with Crippen LogP contribution < -0.4 is 11.3 Å². The maximum Gasteiger partial charge on any atom is 0.439 e. The minimum Gasteiger partial charge on any atom is -0.376 e. The van der Waals surface area contributed by atoms with Crippen LogP contribution in [0.1, 0.15) is 61.9 Å². The Hall–Kier alpha value is -4.39. The molecule has 1 N–H and O–H groups in total. The molecule has 232 valence electrons. The zero-order valence-electron chi connectivity index (χ0n) is 25.0. The van der Waals surface area contributed by atoms with E-state index < -0.39 is 11.5 Å². The Balaban J connectivity index is 1.11. The Bertz CT molecular complexity index is 1950. The van der Waals surface area contributed by atoms with Crippen molar-refractivity contribution in [2.45, 2.75) is 75.9 Å². The number of nitrogens with zero attached hydrogens (tertiary/aromatic N) is 5. The number of aromatic amines is 1. The van der Waals surface area contributed by atoms with E-state index in [2.05, 4.69) is 27.1 Å². The Morgan fingerprint density at radius 2 is 1.71 bits per heavy atom. The number of nitrogens with one attached hydrogen (secondary N) is 1. The minimum atomic E-state index is -0.599. The number of hydrogen-bond acceptors (Lipinski definition) is 9. The fourth-order valence-corrected chi connectivity index (χ4v) is 7.22. The van der Waals surface area contributed by atoms with Crippen LogP contribution >= 0.6 is 0 Å². The lowest BCUT2D eigenvalue weighted by Gasteiger charge is -2.37. The Kier molecular flexibility index (Phi) is 7.00. The van der Waals surface area contributed by atoms with Gasteiger partial charge in [-0.25, -0.2) is 9.31 Å². The molecule has 3 fully saturated rings. The van der Waals surface area contributed by atoms with Gasteiger partial charge in [0.2, 0.25) is 5.78 Å². The normalized spacial score (nSPS) is 24.5. The predicted octanol–water partition coefficient (Wildman–Crippen LogP) is 4.07. The van der Waals surface area contributed by atoms with Crippen LogP contribution in [0.4, 0.5) is 0 Å². The maximum atomic E-state index is 14.4. The number of H-pyrrole nitrogens is 1. The Morgan fingerprint density at radius 3 is 2.40 bits per heavy atom. The second kappa shape index (κ2) is 11.2. The summed E-state index contributed by atoms with van der Waals surface area (Å²) in [4.78, 5) is 33.2. The van der Waals surface area contributed by atoms with Crippen molar-refractivity contribution in [2.75, 3.05) is 13.2 Å². The number of fused-ring (bicyclic) bond motifs is 2. The molecule has 5 aromatic rings. The van der Waals surface area contributed by atoms with E-state index in [1.165, 1.54) is 6.33 Å². The van der Waals surface area contributed by atoms with E-state index in [-0.39, 0.29) is 23.8 Å². The van der Waals surface area contributed by atoms with Gasteiger partial charge < -0.3 is 14.2 Å². The van der Waals surface area contributed by atoms with Gasteiger partial charge in [-0.2, -0.15) is 10.1 Å². The molecule has 1 aliphatic carbocycles. The van der Waals surface area contributed by atoms with Crippen LogP contribution in [0, 0.1) is 0 Å². The standard InChI is InChI=1S/C33H34N6O6/c1-2-5-26-25(16-20-8-10-21(11-9-20)23-6-3-4-7-24(23)29-36-32(41)45-37-29)30(40)38(31-34-19-35-39(26)31)22-12-14-33(15-13-22)43-27-17-42-18-28(27)44-33/h3-4,6-11,19,22,27-28H,2,5,12-18H2,1H3,(H,36,37,41). The number of rotatable bonds is 7. The minimum absolute atomic E-state index is 0.00128. The zero-order valence-corrected chi connectivity index (χ0v) is 25.0. The molecule has 2 saturated heterocycles. The molecule has 1 saturated carbocycles. The number of aryl methyl sites for hydroxylation is 1. The third kappa shape index (κ3) is 4.93. The van der Waals surface area contributed by atoms with Gasteiger partial charge in [0, 0.05) is 36.4 Å². The molecule has 1 spiro atoms. The van der Waals surface area contributed by atoms with Gasteiger partial charge in [0.25, 0.3) is 5.56 Å². The highest BCUT2D eigenvalue weighted by Crippen LogP contribution is 2.45. The van der Waals surface area contributed by atoms with Crippen LogP contribution in [0.3, 0.4) is 0 Å². The third-order valence-electron chi connectivity index (χ3n) is 9.37. The van der Waals surface area contributed by atoms with Crippen molar-refractivity contribution in [3.8, 4) is 22.5 Å². The molecule has 5 heterocycles. The first-order chi connectivity index (χ1) is 22.0. The summed E-state index contributed by atoms with van der Waals surface area (Å²) < 4.78 is 26.6. The van der Waals surface area contributed by atoms with Crippen molar-refractivity contribution in [2.24, 2.45) is 0 Å². The van der Waals surface area contributed by atoms with Crippen molar-refractivity contribution in [1.29, 1.82) is 0 Å². The SMILES string of the molecule is CCCc1c(Cc2ccc(-c3ccccc3-c3noc(=O)[nH]3)cc2)c(=O)n(C2CCC3(CC2)OC2COCC2O3)c2ncnn12. The number of hydrogen-bond donors (Lipinski definition) is 1. The van der Waals surface area contributed by atoms with E-state index >= 15 is 0 Å². The average molecular weight is 611 g/mol. The highest BCUT2D eigenvalue weighted by molar-refractivity contribution is 5.80. The molecular weight excluding hydrogens is 576 g/mol. The number of ether oxygens (including phenoxy) is 3. The van der Waals surface area contributed by atoms with E-state index in [0.717, 1.165) is 52.8 Å². The van der Waals surface area contributed by atoms with Crippen molar-refractivity contribution < 1.29 is 18.7 Å². The lowest BCUT2D eigenvalue weighted by Crippen LogP contribution is -2.40. The first-order valence-electron chi connectivity index (χ1n) is 15.7. The molecule has 12 heteroatoms. The second-order valence-corrected chi connectivity index (χ2v) is 12.2. The molecular formula is C33H34N6O6. The third-order valence-corrected chi connectivity index (χ3v) is 9.37. The van der Waals surface area contributed by atoms with Crippen molar-refractivity contribution in [3.05, 3.63) is 92.6 Å². The van der Waals surface area contributed by atoms with E-state index in [1.807, 2.05) is 57.6 Å². The van der Waals surface area contributed by atoms with Gasteiger partial charge in [0.05, 0.1) is 18.9 Å². The predicted molar refractivity (Wildman–Crippen MR) is 163 cm³/mol. The first-order valence-corrected chi connectivity index (χ1v) is 15.7. The summed E-state index contributed by atoms with van der Waals surface area (Å²) in [6.07, 6.45) is 6.53. The summed E-state index contributed by atoms with van der Waals surface area (Å²) >= 11 is 0. The number of benzene rings is 2. The van der Waals surface area contributed by atoms with Gasteiger partial charge in [-0.3, -0.25) is 18.9 Å². The van der Waals surface area contributed by atoms with E-state index in [9.17, 15) is 9.59 Å². The molecule has 2 atom stereocenters. The topological polar surface area (TPSA) is 139 Å². The monoisotopic (exact) mass is 610 g/mol. The largest absolute Gasteiger partial charge is 0.439 e. The quantitative estimate of drug-likeness (QED) is 0.289. The molecule has 0 bridgehead atoms. The van der Waals surface area contributed by atoms with Crippen LogP contribution in [0.2, 0.25) is 0 Å². The van der Waals surface area contributed by atoms with Crippen LogP contribution in [0.25, 0.3) is 28.3 Å². The highest BCUT2D eigenvalue weighted by atomic mass is 16.8. The molecule has 0 amide bonds. The van der Waals surface area contributed by atoms with E-state index in [0.29, 0.717) is 50.5 Å². The second-order valence-electron chi connectivity index (χ2n) is 12.2. The summed E-state index contributed by atoms with van der Waals surface area (Å²) in [6, 6.07) is 15.8. The summed E-state index contributed by atoms with van der Waals surface area (Å²) in [5, 5.41) is 8.45. The smallest absolute Gasteiger partial charge is 0.376 e. The van der Waals surface area contributed by atoms with Gasteiger partial charge in [0.15, 0.2) is 11.6 Å². The van der Waals surface area contributed by atoms with Crippen molar-refractivity contribution >= 4 is 5.78 Å². The van der Waals surface area contributed by atoms with E-state index in [4.69, 9.17) is 18.7 Å². The lowest BCUT2D eigenvalue weighted by atomic mass is 9.89. The molecule has 3 aliphatic rings. The highest BCUT2D eigenvalue weighted by Gasteiger charge is 2.51. The Labute approximate surface area is 257 Å². The molecule has 45 heavy (non-hydrogen) atoms. The van der Waals surface area contributed by atoms with Gasteiger partial charge in [-0.15, -0.1) is 0 Å². The zero-order chi connectivity index (χ0) is 30.5. The van der Waals surface area contributed by atoms with Gasteiger partial charge in [0.1, 0.15) is 18.5 Å². The summed E-state index contributed by atoms with van der Waals surface area (Å²) in [5.74, 6) is -0.220. The fourth-order valence-electron chi connectivity index (χ4n) is 7.22. The van der Waals surface area contributed by atoms with Crippen molar-refractivity contribution in [1.82, 2.24) is 29.3 Å². The summed E-state index contributed by atoms with van der Waals surface area (Å²) in [6.45, 7) is 3.26. The average Bonchev–Trinajstić information content (AvgIpc) is 3.86. The number of aromatic nitrogens is 6. The summed E-state index contributed by atoms with van der Waals surface area (Å²) in [7, 11) is 0. The van der Waals surface area contributed by atoms with Crippen LogP contribution in [-0.4, -0.2) is 60.5 Å². The molecule has 8 rings (SSSR count). The maximum absolute atomic E-state index is 14.4. The van der Waals surface area contributed by atoms with Crippen LogP contribution in [0.5, 0.6) is 0 Å². The fraction of sp³-hybridized carbons (Fsp3) is 0.424. The molecule has 2 aromatic carbocycles. The van der Waals surface area contributed by atoms with Crippen LogP contribution in [0.15, 0.2) is 69.0 Å². The van der Waals surface area contributed by atoms with Crippen molar-refractivity contribution in [3.63, 3.8) is 0 Å². The van der Waals surface area contributed by atoms with Gasteiger partial charge >= 0.3 is 5.76 Å². The van der Waals surface area contributed by atoms with Gasteiger partial charge in [-0.1, -0.05) is 67.0 Å². The molecule has 12 nitrogen and oxygen atoms in total. The molecule has 3 aromatic heterocycles. The summed E-state index contributed by atoms with van der Waals surface area (Å²) in [5.41, 5.74) is 5.27. The first kappa shape index (κ1) is 28.1.